The lowest BCUT2D eigenvalue weighted by molar-refractivity contribution is -0.163. The molecule has 3 fully saturated rings. The van der Waals surface area contributed by atoms with Crippen LogP contribution in [0.3, 0.4) is 0 Å². The lowest BCUT2D eigenvalue weighted by Crippen LogP contribution is -2.48. The zero-order chi connectivity index (χ0) is 18.1. The number of hydrogen-bond donors (Lipinski definition) is 0. The van der Waals surface area contributed by atoms with E-state index in [-0.39, 0.29) is 11.0 Å². The quantitative estimate of drug-likeness (QED) is 0.440. The van der Waals surface area contributed by atoms with Crippen LogP contribution in [0.15, 0.2) is 0 Å². The van der Waals surface area contributed by atoms with E-state index in [2.05, 4.69) is 40.8 Å². The first-order valence-electron chi connectivity index (χ1n) is 8.94. The summed E-state index contributed by atoms with van der Waals surface area (Å²) in [6, 6.07) is 0. The van der Waals surface area contributed by atoms with Gasteiger partial charge in [0.05, 0.1) is 11.2 Å². The molecule has 3 rings (SSSR count). The van der Waals surface area contributed by atoms with E-state index in [1.54, 1.807) is 0 Å². The van der Waals surface area contributed by atoms with E-state index in [1.165, 1.54) is 0 Å². The van der Waals surface area contributed by atoms with E-state index in [1.807, 2.05) is 6.92 Å². The predicted octanol–water partition coefficient (Wildman–Crippen LogP) is 3.28. The Balaban J connectivity index is 1.79. The number of ether oxygens (including phenoxy) is 2. The fourth-order valence-electron chi connectivity index (χ4n) is 4.63. The van der Waals surface area contributed by atoms with Crippen molar-refractivity contribution in [3.63, 3.8) is 0 Å². The summed E-state index contributed by atoms with van der Waals surface area (Å²) in [7, 11) is -1.85. The van der Waals surface area contributed by atoms with Crippen LogP contribution in [-0.2, 0) is 23.5 Å². The van der Waals surface area contributed by atoms with Crippen LogP contribution >= 0.6 is 0 Å². The summed E-state index contributed by atoms with van der Waals surface area (Å²) in [6.07, 6.45) is 1.43. The van der Waals surface area contributed by atoms with Gasteiger partial charge < -0.3 is 13.9 Å². The van der Waals surface area contributed by atoms with Crippen molar-refractivity contribution in [3.8, 4) is 0 Å². The second kappa shape index (κ2) is 5.14. The van der Waals surface area contributed by atoms with Gasteiger partial charge in [-0.3, -0.25) is 9.59 Å². The van der Waals surface area contributed by atoms with E-state index < -0.39 is 43.3 Å². The first-order valence-corrected chi connectivity index (χ1v) is 11.8. The highest BCUT2D eigenvalue weighted by atomic mass is 28.4. The highest BCUT2D eigenvalue weighted by molar-refractivity contribution is 6.74. The largest absolute Gasteiger partial charge is 0.417 e. The number of esters is 2. The highest BCUT2D eigenvalue weighted by Gasteiger charge is 2.75. The number of cyclic esters (lactones) is 2. The summed E-state index contributed by atoms with van der Waals surface area (Å²) < 4.78 is 17.7. The van der Waals surface area contributed by atoms with E-state index in [4.69, 9.17) is 13.9 Å². The first kappa shape index (κ1) is 18.1. The summed E-state index contributed by atoms with van der Waals surface area (Å²) in [5.41, 5.74) is -1.20. The average Bonchev–Trinajstić information content (AvgIpc) is 2.93. The van der Waals surface area contributed by atoms with Gasteiger partial charge in [0.1, 0.15) is 11.8 Å². The van der Waals surface area contributed by atoms with Crippen molar-refractivity contribution in [2.75, 3.05) is 6.61 Å². The Hall–Kier alpha value is -0.723. The van der Waals surface area contributed by atoms with Crippen molar-refractivity contribution in [1.29, 1.82) is 0 Å². The predicted molar refractivity (Wildman–Crippen MR) is 91.8 cm³/mol. The Morgan fingerprint density at radius 1 is 1.21 bits per heavy atom. The molecule has 0 aliphatic carbocycles. The van der Waals surface area contributed by atoms with Crippen LogP contribution in [0.25, 0.3) is 0 Å². The minimum atomic E-state index is -1.85. The number of hydrogen-bond acceptors (Lipinski definition) is 5. The first-order chi connectivity index (χ1) is 10.8. The van der Waals surface area contributed by atoms with Gasteiger partial charge in [0.2, 0.25) is 0 Å². The Morgan fingerprint density at radius 2 is 1.79 bits per heavy atom. The Bertz CT molecular complexity index is 580. The van der Waals surface area contributed by atoms with E-state index in [9.17, 15) is 9.59 Å². The molecule has 3 saturated heterocycles. The molecule has 0 aromatic carbocycles. The second-order valence-electron chi connectivity index (χ2n) is 9.53. The highest BCUT2D eigenvalue weighted by Crippen LogP contribution is 2.63. The van der Waals surface area contributed by atoms with Crippen LogP contribution < -0.4 is 0 Å². The maximum Gasteiger partial charge on any atom is 0.320 e. The van der Waals surface area contributed by atoms with Crippen LogP contribution in [0.4, 0.5) is 0 Å². The third-order valence-electron chi connectivity index (χ3n) is 6.96. The van der Waals surface area contributed by atoms with Crippen LogP contribution in [0.1, 0.15) is 47.5 Å². The maximum absolute atomic E-state index is 12.3. The summed E-state index contributed by atoms with van der Waals surface area (Å²) in [5.74, 6) is -1.53. The normalized spacial score (nSPS) is 41.7. The number of fused-ring (bicyclic) bond motifs is 5. The minimum absolute atomic E-state index is 0.141. The topological polar surface area (TPSA) is 61.8 Å². The summed E-state index contributed by atoms with van der Waals surface area (Å²) in [5, 5.41) is 0.141. The van der Waals surface area contributed by atoms with E-state index in [0.29, 0.717) is 13.0 Å². The second-order valence-corrected chi connectivity index (χ2v) is 14.3. The van der Waals surface area contributed by atoms with Crippen molar-refractivity contribution in [2.24, 2.45) is 17.8 Å². The third-order valence-corrected chi connectivity index (χ3v) is 11.5. The zero-order valence-corrected chi connectivity index (χ0v) is 16.9. The number of carbonyl (C=O) groups excluding carboxylic acids is 2. The monoisotopic (exact) mass is 354 g/mol. The molecular formula is C18H30O5Si. The van der Waals surface area contributed by atoms with Gasteiger partial charge in [-0.05, 0) is 43.8 Å². The van der Waals surface area contributed by atoms with Gasteiger partial charge in [-0.25, -0.2) is 0 Å². The smallest absolute Gasteiger partial charge is 0.320 e. The molecule has 0 radical (unpaired) electrons. The Labute approximate surface area is 145 Å². The molecule has 24 heavy (non-hydrogen) atoms. The molecule has 2 bridgehead atoms. The van der Waals surface area contributed by atoms with Gasteiger partial charge >= 0.3 is 11.9 Å². The van der Waals surface area contributed by atoms with Crippen LogP contribution in [0, 0.1) is 17.8 Å². The van der Waals surface area contributed by atoms with Gasteiger partial charge in [-0.15, -0.1) is 0 Å². The molecule has 6 heteroatoms. The van der Waals surface area contributed by atoms with Crippen LogP contribution in [0.2, 0.25) is 18.1 Å². The van der Waals surface area contributed by atoms with Crippen molar-refractivity contribution < 1.29 is 23.5 Å². The van der Waals surface area contributed by atoms with Crippen molar-refractivity contribution >= 4 is 20.3 Å². The van der Waals surface area contributed by atoms with E-state index >= 15 is 0 Å². The minimum Gasteiger partial charge on any atom is -0.417 e. The van der Waals surface area contributed by atoms with Crippen molar-refractivity contribution in [1.82, 2.24) is 0 Å². The summed E-state index contributed by atoms with van der Waals surface area (Å²) in [6.45, 7) is 15.7. The van der Waals surface area contributed by atoms with Crippen molar-refractivity contribution in [3.05, 3.63) is 0 Å². The fraction of sp³-hybridized carbons (Fsp3) is 0.889. The maximum atomic E-state index is 12.3. The Morgan fingerprint density at radius 3 is 2.38 bits per heavy atom. The SMILES string of the molecule is C[C@H]1C[C@@]2(C)O[C@]1(CCO[Si](C)(C)C(C)(C)C)[C@@H]1C(=O)OC(=O)[C@@H]12. The molecule has 0 aromatic rings. The molecule has 0 aromatic heterocycles. The van der Waals surface area contributed by atoms with Gasteiger partial charge in [0, 0.05) is 6.61 Å². The van der Waals surface area contributed by atoms with Crippen LogP contribution in [0.5, 0.6) is 0 Å². The molecule has 3 aliphatic heterocycles. The van der Waals surface area contributed by atoms with E-state index in [0.717, 1.165) is 6.42 Å². The molecule has 3 heterocycles. The molecular weight excluding hydrogens is 324 g/mol. The van der Waals surface area contributed by atoms with Gasteiger partial charge in [0.25, 0.3) is 0 Å². The molecule has 136 valence electrons. The fourth-order valence-corrected chi connectivity index (χ4v) is 5.68. The van der Waals surface area contributed by atoms with Gasteiger partial charge in [0.15, 0.2) is 8.32 Å². The molecule has 0 unspecified atom stereocenters. The molecule has 0 spiro atoms. The lowest BCUT2D eigenvalue weighted by atomic mass is 9.63. The standard InChI is InChI=1S/C18H30O5Si/c1-11-10-17(5)12-13(15(20)22-14(12)19)18(11,23-17)8-9-21-24(6,7)16(2,3)4/h11-13H,8-10H2,1-7H3/t11-,12+,13-,17+,18-/m0/s1. The van der Waals surface area contributed by atoms with Gasteiger partial charge in [-0.2, -0.15) is 0 Å². The molecule has 0 saturated carbocycles. The zero-order valence-electron chi connectivity index (χ0n) is 15.9. The summed E-state index contributed by atoms with van der Waals surface area (Å²) in [4.78, 5) is 24.4. The third kappa shape index (κ3) is 2.33. The molecule has 3 aliphatic rings. The average molecular weight is 355 g/mol. The molecule has 0 N–H and O–H groups in total. The summed E-state index contributed by atoms with van der Waals surface area (Å²) >= 11 is 0. The molecule has 5 nitrogen and oxygen atoms in total. The van der Waals surface area contributed by atoms with Crippen molar-refractivity contribution in [2.45, 2.75) is 76.8 Å². The lowest BCUT2D eigenvalue weighted by Gasteiger charge is -2.39. The van der Waals surface area contributed by atoms with Crippen LogP contribution in [-0.4, -0.2) is 38.1 Å². The number of carbonyl (C=O) groups is 2. The molecule has 5 atom stereocenters. The molecule has 0 amide bonds. The Kier molecular flexibility index (Phi) is 3.88. The number of rotatable bonds is 4. The van der Waals surface area contributed by atoms with Gasteiger partial charge in [-0.1, -0.05) is 27.7 Å².